The van der Waals surface area contributed by atoms with E-state index in [1.54, 1.807) is 31.5 Å². The largest absolute Gasteiger partial charge is 0.493 e. The van der Waals surface area contributed by atoms with Crippen LogP contribution < -0.4 is 20.3 Å². The van der Waals surface area contributed by atoms with Gasteiger partial charge in [-0.1, -0.05) is 12.1 Å². The Kier molecular flexibility index (Phi) is 5.18. The van der Waals surface area contributed by atoms with Crippen molar-refractivity contribution >= 4 is 33.1 Å². The number of nitrogens with one attached hydrogen (secondary N) is 1. The van der Waals surface area contributed by atoms with Crippen LogP contribution in [0.25, 0.3) is 15.9 Å². The zero-order valence-corrected chi connectivity index (χ0v) is 16.8. The molecule has 29 heavy (non-hydrogen) atoms. The summed E-state index contributed by atoms with van der Waals surface area (Å²) in [5, 5.41) is 3.32. The van der Waals surface area contributed by atoms with Crippen LogP contribution in [0.4, 0.5) is 0 Å². The van der Waals surface area contributed by atoms with Crippen molar-refractivity contribution in [2.45, 2.75) is 13.5 Å². The molecule has 4 aromatic rings. The number of methoxy groups -OCH3 is 1. The summed E-state index contributed by atoms with van der Waals surface area (Å²) in [6, 6.07) is 12.5. The third-order valence-electron chi connectivity index (χ3n) is 4.42. The number of aromatic nitrogens is 2. The number of rotatable bonds is 6. The molecule has 7 nitrogen and oxygen atoms in total. The quantitative estimate of drug-likeness (QED) is 0.529. The van der Waals surface area contributed by atoms with Gasteiger partial charge < -0.3 is 14.8 Å². The van der Waals surface area contributed by atoms with Gasteiger partial charge in [0.15, 0.2) is 11.5 Å². The molecule has 0 saturated heterocycles. The van der Waals surface area contributed by atoms with Gasteiger partial charge in [0.1, 0.15) is 10.5 Å². The number of hydrogen-bond acceptors (Lipinski definition) is 6. The number of hydrogen-bond donors (Lipinski definition) is 1. The first kappa shape index (κ1) is 18.9. The van der Waals surface area contributed by atoms with E-state index < -0.39 is 0 Å². The van der Waals surface area contributed by atoms with Crippen LogP contribution in [0, 0.1) is 0 Å². The van der Waals surface area contributed by atoms with Crippen molar-refractivity contribution in [3.63, 3.8) is 0 Å². The molecule has 0 fully saturated rings. The molecule has 3 aromatic heterocycles. The van der Waals surface area contributed by atoms with Gasteiger partial charge in [-0.05, 0) is 42.8 Å². The highest BCUT2D eigenvalue weighted by Gasteiger charge is 2.15. The molecule has 0 atom stereocenters. The first-order valence-electron chi connectivity index (χ1n) is 9.09. The highest BCUT2D eigenvalue weighted by Crippen LogP contribution is 2.28. The maximum absolute atomic E-state index is 12.6. The molecule has 0 spiro atoms. The summed E-state index contributed by atoms with van der Waals surface area (Å²) in [4.78, 5) is 30.7. The highest BCUT2D eigenvalue weighted by atomic mass is 32.1. The van der Waals surface area contributed by atoms with Crippen LogP contribution in [0.3, 0.4) is 0 Å². The molecule has 8 heteroatoms. The van der Waals surface area contributed by atoms with Crippen LogP contribution >= 0.6 is 11.3 Å². The molecule has 148 valence electrons. The molecule has 0 saturated carbocycles. The minimum absolute atomic E-state index is 0.183. The first-order valence-corrected chi connectivity index (χ1v) is 9.91. The Labute approximate surface area is 170 Å². The van der Waals surface area contributed by atoms with Gasteiger partial charge >= 0.3 is 0 Å². The lowest BCUT2D eigenvalue weighted by molar-refractivity contribution is 0.0955. The fraction of sp³-hybridized carbons (Fsp3) is 0.190. The predicted octanol–water partition coefficient (Wildman–Crippen LogP) is 3.25. The standard InChI is InChI=1S/C21H19N3O4S/c1-3-28-16-10-13(7-8-15(16)27-2)12-22-19(25)17-11-14-20(29-17)23-18-6-4-5-9-24(18)21(14)26/h4-11H,3,12H2,1-2H3,(H,22,25). The molecule has 1 N–H and O–H groups in total. The number of carbonyl (C=O) groups is 1. The third kappa shape index (κ3) is 3.66. The van der Waals surface area contributed by atoms with Gasteiger partial charge in [-0.25, -0.2) is 4.98 Å². The molecular formula is C21H19N3O4S. The summed E-state index contributed by atoms with van der Waals surface area (Å²) in [5.74, 6) is 1.02. The van der Waals surface area contributed by atoms with E-state index in [1.165, 1.54) is 15.7 Å². The number of nitrogens with zero attached hydrogens (tertiary/aromatic N) is 2. The van der Waals surface area contributed by atoms with Gasteiger partial charge in [-0.2, -0.15) is 0 Å². The van der Waals surface area contributed by atoms with E-state index in [1.807, 2.05) is 31.2 Å². The van der Waals surface area contributed by atoms with Crippen molar-refractivity contribution < 1.29 is 14.3 Å². The molecule has 0 radical (unpaired) electrons. The molecular weight excluding hydrogens is 390 g/mol. The van der Waals surface area contributed by atoms with E-state index in [-0.39, 0.29) is 11.5 Å². The lowest BCUT2D eigenvalue weighted by Crippen LogP contribution is -2.21. The summed E-state index contributed by atoms with van der Waals surface area (Å²) in [5.41, 5.74) is 1.26. The van der Waals surface area contributed by atoms with Gasteiger partial charge in [-0.15, -0.1) is 11.3 Å². The number of fused-ring (bicyclic) bond motifs is 2. The second kappa shape index (κ2) is 7.92. The summed E-state index contributed by atoms with van der Waals surface area (Å²) < 4.78 is 12.3. The number of pyridine rings is 1. The molecule has 0 unspecified atom stereocenters. The summed E-state index contributed by atoms with van der Waals surface area (Å²) in [6.07, 6.45) is 1.67. The molecule has 1 amide bonds. The normalized spacial score (nSPS) is 11.0. The Morgan fingerprint density at radius 3 is 2.86 bits per heavy atom. The zero-order valence-electron chi connectivity index (χ0n) is 16.0. The van der Waals surface area contributed by atoms with Gasteiger partial charge in [0.05, 0.1) is 24.0 Å². The summed E-state index contributed by atoms with van der Waals surface area (Å²) in [7, 11) is 1.58. The van der Waals surface area contributed by atoms with Crippen LogP contribution in [0.5, 0.6) is 11.5 Å². The van der Waals surface area contributed by atoms with Crippen LogP contribution in [0.1, 0.15) is 22.2 Å². The molecule has 0 aliphatic heterocycles. The Morgan fingerprint density at radius 2 is 2.07 bits per heavy atom. The fourth-order valence-electron chi connectivity index (χ4n) is 3.03. The average Bonchev–Trinajstić information content (AvgIpc) is 3.17. The highest BCUT2D eigenvalue weighted by molar-refractivity contribution is 7.20. The number of amides is 1. The SMILES string of the molecule is CCOc1cc(CNC(=O)c2cc3c(=O)n4ccccc4nc3s2)ccc1OC. The third-order valence-corrected chi connectivity index (χ3v) is 5.45. The van der Waals surface area contributed by atoms with Crippen molar-refractivity contribution in [1.82, 2.24) is 14.7 Å². The van der Waals surface area contributed by atoms with Crippen LogP contribution in [-0.2, 0) is 6.54 Å². The summed E-state index contributed by atoms with van der Waals surface area (Å²) >= 11 is 1.21. The van der Waals surface area contributed by atoms with Gasteiger partial charge in [0, 0.05) is 12.7 Å². The predicted molar refractivity (Wildman–Crippen MR) is 112 cm³/mol. The van der Waals surface area contributed by atoms with E-state index in [0.29, 0.717) is 45.4 Å². The van der Waals surface area contributed by atoms with Gasteiger partial charge in [0.25, 0.3) is 11.5 Å². The lowest BCUT2D eigenvalue weighted by atomic mass is 10.2. The summed E-state index contributed by atoms with van der Waals surface area (Å²) in [6.45, 7) is 2.74. The van der Waals surface area contributed by atoms with E-state index >= 15 is 0 Å². The lowest BCUT2D eigenvalue weighted by Gasteiger charge is -2.11. The molecule has 4 rings (SSSR count). The van der Waals surface area contributed by atoms with Gasteiger partial charge in [-0.3, -0.25) is 14.0 Å². The topological polar surface area (TPSA) is 81.9 Å². The Hall–Kier alpha value is -3.39. The van der Waals surface area contributed by atoms with E-state index in [0.717, 1.165) is 5.56 Å². The van der Waals surface area contributed by atoms with Gasteiger partial charge in [0.2, 0.25) is 0 Å². The Morgan fingerprint density at radius 1 is 1.21 bits per heavy atom. The monoisotopic (exact) mass is 409 g/mol. The first-order chi connectivity index (χ1) is 14.1. The van der Waals surface area contributed by atoms with Crippen molar-refractivity contribution in [3.8, 4) is 11.5 Å². The molecule has 3 heterocycles. The zero-order chi connectivity index (χ0) is 20.4. The maximum atomic E-state index is 12.6. The van der Waals surface area contributed by atoms with E-state index in [9.17, 15) is 9.59 Å². The molecule has 0 aliphatic carbocycles. The second-order valence-corrected chi connectivity index (χ2v) is 7.31. The minimum atomic E-state index is -0.254. The van der Waals surface area contributed by atoms with Crippen molar-refractivity contribution in [2.75, 3.05) is 13.7 Å². The van der Waals surface area contributed by atoms with Crippen LogP contribution in [0.15, 0.2) is 53.5 Å². The second-order valence-electron chi connectivity index (χ2n) is 6.28. The van der Waals surface area contributed by atoms with E-state index in [2.05, 4.69) is 10.3 Å². The smallest absolute Gasteiger partial charge is 0.266 e. The van der Waals surface area contributed by atoms with E-state index in [4.69, 9.17) is 9.47 Å². The number of benzene rings is 1. The number of thiophene rings is 1. The van der Waals surface area contributed by atoms with Crippen molar-refractivity contribution in [2.24, 2.45) is 0 Å². The Bertz CT molecular complexity index is 1260. The molecule has 1 aromatic carbocycles. The van der Waals surface area contributed by atoms with Crippen LogP contribution in [-0.4, -0.2) is 29.0 Å². The average molecular weight is 409 g/mol. The maximum Gasteiger partial charge on any atom is 0.266 e. The van der Waals surface area contributed by atoms with Crippen LogP contribution in [0.2, 0.25) is 0 Å². The van der Waals surface area contributed by atoms with Crippen molar-refractivity contribution in [3.05, 3.63) is 69.5 Å². The fourth-order valence-corrected chi connectivity index (χ4v) is 3.97. The number of ether oxygens (including phenoxy) is 2. The Balaban J connectivity index is 1.57. The molecule has 0 bridgehead atoms. The van der Waals surface area contributed by atoms with Crippen molar-refractivity contribution in [1.29, 1.82) is 0 Å². The minimum Gasteiger partial charge on any atom is -0.493 e. The number of carbonyl (C=O) groups excluding carboxylic acids is 1. The molecule has 0 aliphatic rings.